The molecule has 0 unspecified atom stereocenters. The summed E-state index contributed by atoms with van der Waals surface area (Å²) in [6, 6.07) is 21.3. The third-order valence-corrected chi connectivity index (χ3v) is 8.78. The van der Waals surface area contributed by atoms with Crippen molar-refractivity contribution in [1.82, 2.24) is 0 Å². The Labute approximate surface area is 202 Å². The van der Waals surface area contributed by atoms with Gasteiger partial charge < -0.3 is 4.42 Å². The standard InChI is InChI=1S/C30H29N2OSi/c1-19-16-17-32(4)26(18-19)27-20(2)8-13-23-24-14-15-25(31-3)28(30(24)33-29(23)27)21-9-11-22(12-10-21)34(5,6)7/h8-18H,1-2,4-7H3/q+1. The van der Waals surface area contributed by atoms with Crippen LogP contribution >= 0.6 is 0 Å². The van der Waals surface area contributed by atoms with Crippen LogP contribution in [-0.4, -0.2) is 8.07 Å². The maximum absolute atomic E-state index is 7.83. The van der Waals surface area contributed by atoms with E-state index in [9.17, 15) is 0 Å². The van der Waals surface area contributed by atoms with Crippen molar-refractivity contribution in [3.63, 3.8) is 0 Å². The second-order valence-electron chi connectivity index (χ2n) is 10.2. The van der Waals surface area contributed by atoms with Crippen LogP contribution in [0.5, 0.6) is 0 Å². The highest BCUT2D eigenvalue weighted by Gasteiger charge is 2.23. The Kier molecular flexibility index (Phi) is 5.19. The van der Waals surface area contributed by atoms with Crippen molar-refractivity contribution >= 4 is 40.9 Å². The molecule has 0 saturated carbocycles. The van der Waals surface area contributed by atoms with Crippen molar-refractivity contribution < 1.29 is 8.98 Å². The van der Waals surface area contributed by atoms with Crippen molar-refractivity contribution in [3.05, 3.63) is 89.4 Å². The SMILES string of the molecule is [C-]#[N+]c1ccc2c(oc3c(-c4cc(C)cc[n+]4C)c(C)ccc32)c1-c1ccc([Si](C)(C)C)cc1. The minimum absolute atomic E-state index is 0.617. The van der Waals surface area contributed by atoms with Crippen LogP contribution in [0.4, 0.5) is 5.69 Å². The quantitative estimate of drug-likeness (QED) is 0.155. The van der Waals surface area contributed by atoms with E-state index in [1.807, 2.05) is 12.1 Å². The van der Waals surface area contributed by atoms with Crippen LogP contribution in [0, 0.1) is 20.4 Å². The Morgan fingerprint density at radius 3 is 2.12 bits per heavy atom. The summed E-state index contributed by atoms with van der Waals surface area (Å²) >= 11 is 0. The van der Waals surface area contributed by atoms with E-state index in [0.717, 1.165) is 44.3 Å². The topological polar surface area (TPSA) is 21.4 Å². The van der Waals surface area contributed by atoms with Crippen molar-refractivity contribution in [2.24, 2.45) is 7.05 Å². The Balaban J connectivity index is 1.84. The van der Waals surface area contributed by atoms with Gasteiger partial charge in [0.25, 0.3) is 0 Å². The predicted molar refractivity (Wildman–Crippen MR) is 144 cm³/mol. The third-order valence-electron chi connectivity index (χ3n) is 6.72. The molecule has 4 heteroatoms. The molecule has 3 nitrogen and oxygen atoms in total. The number of hydrogen-bond acceptors (Lipinski definition) is 1. The van der Waals surface area contributed by atoms with Crippen LogP contribution in [0.3, 0.4) is 0 Å². The van der Waals surface area contributed by atoms with E-state index < -0.39 is 8.07 Å². The second-order valence-corrected chi connectivity index (χ2v) is 15.3. The monoisotopic (exact) mass is 461 g/mol. The van der Waals surface area contributed by atoms with E-state index in [2.05, 4.69) is 105 Å². The molecule has 5 aromatic rings. The molecule has 0 fully saturated rings. The van der Waals surface area contributed by atoms with Gasteiger partial charge >= 0.3 is 0 Å². The van der Waals surface area contributed by atoms with Crippen molar-refractivity contribution in [2.75, 3.05) is 0 Å². The first kappa shape index (κ1) is 22.1. The number of rotatable bonds is 3. The minimum Gasteiger partial charge on any atom is -0.456 e. The number of benzene rings is 3. The molecule has 168 valence electrons. The van der Waals surface area contributed by atoms with Crippen LogP contribution in [0.15, 0.2) is 71.3 Å². The fourth-order valence-electron chi connectivity index (χ4n) is 4.74. The predicted octanol–water partition coefficient (Wildman–Crippen LogP) is 7.46. The molecule has 0 amide bonds. The van der Waals surface area contributed by atoms with E-state index >= 15 is 0 Å². The molecule has 0 spiro atoms. The highest BCUT2D eigenvalue weighted by atomic mass is 28.3. The summed E-state index contributed by atoms with van der Waals surface area (Å²) in [6.45, 7) is 19.1. The lowest BCUT2D eigenvalue weighted by molar-refractivity contribution is -0.660. The summed E-state index contributed by atoms with van der Waals surface area (Å²) < 4.78 is 8.83. The number of hydrogen-bond donors (Lipinski definition) is 0. The van der Waals surface area contributed by atoms with Crippen LogP contribution in [0.2, 0.25) is 19.6 Å². The van der Waals surface area contributed by atoms with Crippen molar-refractivity contribution in [1.29, 1.82) is 0 Å². The lowest BCUT2D eigenvalue weighted by atomic mass is 9.98. The number of nitrogens with zero attached hydrogens (tertiary/aromatic N) is 2. The fraction of sp³-hybridized carbons (Fsp3) is 0.200. The summed E-state index contributed by atoms with van der Waals surface area (Å²) in [7, 11) is 0.661. The van der Waals surface area contributed by atoms with Gasteiger partial charge in [0, 0.05) is 28.5 Å². The average Bonchev–Trinajstić information content (AvgIpc) is 3.18. The van der Waals surface area contributed by atoms with Gasteiger partial charge in [-0.3, -0.25) is 0 Å². The number of pyridine rings is 1. The lowest BCUT2D eigenvalue weighted by Crippen LogP contribution is -2.37. The molecular formula is C30H29N2OSi+. The Morgan fingerprint density at radius 1 is 0.824 bits per heavy atom. The van der Waals surface area contributed by atoms with Crippen LogP contribution in [-0.2, 0) is 7.05 Å². The zero-order chi connectivity index (χ0) is 24.2. The Morgan fingerprint density at radius 2 is 1.47 bits per heavy atom. The van der Waals surface area contributed by atoms with Gasteiger partial charge in [0.1, 0.15) is 18.2 Å². The van der Waals surface area contributed by atoms with E-state index in [0.29, 0.717) is 5.69 Å². The Hall–Kier alpha value is -3.68. The fourth-order valence-corrected chi connectivity index (χ4v) is 5.91. The molecule has 0 radical (unpaired) electrons. The number of aryl methyl sites for hydroxylation is 3. The first-order valence-corrected chi connectivity index (χ1v) is 15.1. The molecule has 0 N–H and O–H groups in total. The highest BCUT2D eigenvalue weighted by molar-refractivity contribution is 6.88. The second kappa shape index (κ2) is 7.97. The Bertz CT molecular complexity index is 1610. The van der Waals surface area contributed by atoms with Gasteiger partial charge in [-0.25, -0.2) is 9.41 Å². The molecule has 0 atom stereocenters. The van der Waals surface area contributed by atoms with Crippen LogP contribution in [0.25, 0.3) is 49.2 Å². The van der Waals surface area contributed by atoms with Gasteiger partial charge in [0.05, 0.1) is 20.2 Å². The maximum Gasteiger partial charge on any atom is 0.216 e. The summed E-state index contributed by atoms with van der Waals surface area (Å²) in [5, 5.41) is 3.53. The molecule has 0 aliphatic carbocycles. The molecule has 2 aromatic heterocycles. The van der Waals surface area contributed by atoms with E-state index in [1.165, 1.54) is 16.3 Å². The first-order valence-electron chi connectivity index (χ1n) is 11.6. The van der Waals surface area contributed by atoms with Crippen molar-refractivity contribution in [3.8, 4) is 22.4 Å². The largest absolute Gasteiger partial charge is 0.456 e. The summed E-state index contributed by atoms with van der Waals surface area (Å²) in [4.78, 5) is 3.86. The lowest BCUT2D eigenvalue weighted by Gasteiger charge is -2.17. The maximum atomic E-state index is 7.83. The summed E-state index contributed by atoms with van der Waals surface area (Å²) in [5.74, 6) is 0. The molecule has 5 rings (SSSR count). The zero-order valence-electron chi connectivity index (χ0n) is 20.7. The molecule has 3 aromatic carbocycles. The molecule has 0 aliphatic rings. The number of furan rings is 1. The summed E-state index contributed by atoms with van der Waals surface area (Å²) in [5.41, 5.74) is 8.77. The molecule has 0 bridgehead atoms. The number of aromatic nitrogens is 1. The van der Waals surface area contributed by atoms with E-state index in [4.69, 9.17) is 11.0 Å². The number of fused-ring (bicyclic) bond motifs is 3. The normalized spacial score (nSPS) is 11.8. The van der Waals surface area contributed by atoms with Gasteiger partial charge in [0.2, 0.25) is 5.69 Å². The van der Waals surface area contributed by atoms with Crippen LogP contribution < -0.4 is 9.75 Å². The first-order chi connectivity index (χ1) is 16.2. The molecule has 34 heavy (non-hydrogen) atoms. The van der Waals surface area contributed by atoms with E-state index in [1.54, 1.807) is 0 Å². The molecule has 0 aliphatic heterocycles. The van der Waals surface area contributed by atoms with Gasteiger partial charge in [0.15, 0.2) is 11.9 Å². The van der Waals surface area contributed by atoms with E-state index in [-0.39, 0.29) is 0 Å². The van der Waals surface area contributed by atoms with Gasteiger partial charge in [-0.2, -0.15) is 0 Å². The average molecular weight is 462 g/mol. The molecule has 0 saturated heterocycles. The smallest absolute Gasteiger partial charge is 0.216 e. The van der Waals surface area contributed by atoms with Gasteiger partial charge in [-0.15, -0.1) is 0 Å². The minimum atomic E-state index is -1.41. The highest BCUT2D eigenvalue weighted by Crippen LogP contribution is 2.44. The van der Waals surface area contributed by atoms with Gasteiger partial charge in [-0.05, 0) is 30.5 Å². The molecule has 2 heterocycles. The zero-order valence-corrected chi connectivity index (χ0v) is 21.7. The molecular weight excluding hydrogens is 432 g/mol. The van der Waals surface area contributed by atoms with Crippen LogP contribution in [0.1, 0.15) is 11.1 Å². The van der Waals surface area contributed by atoms with Gasteiger partial charge in [-0.1, -0.05) is 73.4 Å². The summed E-state index contributed by atoms with van der Waals surface area (Å²) in [6.07, 6.45) is 2.09. The third kappa shape index (κ3) is 3.53. The van der Waals surface area contributed by atoms with Crippen molar-refractivity contribution in [2.45, 2.75) is 33.5 Å².